The number of aromatic nitrogens is 3. The molecule has 2 aliphatic rings. The molecule has 1 heterocycles. The summed E-state index contributed by atoms with van der Waals surface area (Å²) >= 11 is 0. The first kappa shape index (κ1) is 14.5. The molecule has 0 spiro atoms. The molecule has 0 radical (unpaired) electrons. The lowest BCUT2D eigenvalue weighted by molar-refractivity contribution is 0.209. The van der Waals surface area contributed by atoms with E-state index in [1.165, 1.54) is 11.2 Å². The van der Waals surface area contributed by atoms with Crippen LogP contribution < -0.4 is 0 Å². The summed E-state index contributed by atoms with van der Waals surface area (Å²) in [6.07, 6.45) is 5.02. The van der Waals surface area contributed by atoms with Crippen LogP contribution in [0.4, 0.5) is 4.79 Å². The van der Waals surface area contributed by atoms with Gasteiger partial charge in [-0.05, 0) is 38.0 Å². The van der Waals surface area contributed by atoms with Crippen molar-refractivity contribution in [1.29, 1.82) is 0 Å². The summed E-state index contributed by atoms with van der Waals surface area (Å²) in [6.45, 7) is 2.36. The van der Waals surface area contributed by atoms with E-state index in [9.17, 15) is 13.2 Å². The van der Waals surface area contributed by atoms with Gasteiger partial charge in [-0.25, -0.2) is 18.2 Å². The molecule has 0 N–H and O–H groups in total. The lowest BCUT2D eigenvalue weighted by Crippen LogP contribution is -2.32. The second-order valence-corrected chi connectivity index (χ2v) is 8.09. The fourth-order valence-corrected chi connectivity index (χ4v) is 5.43. The first-order valence-corrected chi connectivity index (χ1v) is 8.89. The zero-order valence-electron chi connectivity index (χ0n) is 12.3. The van der Waals surface area contributed by atoms with Crippen LogP contribution in [0.15, 0.2) is 11.5 Å². The molecule has 8 heteroatoms. The van der Waals surface area contributed by atoms with Gasteiger partial charge in [-0.15, -0.1) is 5.10 Å². The Kier molecular flexibility index (Phi) is 3.51. The SMILES string of the molecule is CCN(C)C(=O)n1cnc(S(=O)(=O)[C@@H]2C[C@H]3CC[C@@H]2C3)n1. The Morgan fingerprint density at radius 3 is 2.76 bits per heavy atom. The molecule has 0 aromatic carbocycles. The number of fused-ring (bicyclic) bond motifs is 2. The van der Waals surface area contributed by atoms with Crippen molar-refractivity contribution in [2.24, 2.45) is 11.8 Å². The Morgan fingerprint density at radius 2 is 2.19 bits per heavy atom. The highest BCUT2D eigenvalue weighted by molar-refractivity contribution is 7.91. The van der Waals surface area contributed by atoms with Gasteiger partial charge < -0.3 is 4.90 Å². The quantitative estimate of drug-likeness (QED) is 0.836. The molecule has 1 aromatic rings. The van der Waals surface area contributed by atoms with Gasteiger partial charge in [0.25, 0.3) is 5.16 Å². The molecule has 0 unspecified atom stereocenters. The molecule has 2 aliphatic carbocycles. The highest BCUT2D eigenvalue weighted by Gasteiger charge is 2.47. The second kappa shape index (κ2) is 5.08. The van der Waals surface area contributed by atoms with E-state index < -0.39 is 9.84 Å². The van der Waals surface area contributed by atoms with Crippen molar-refractivity contribution in [2.75, 3.05) is 13.6 Å². The number of nitrogens with zero attached hydrogens (tertiary/aromatic N) is 4. The van der Waals surface area contributed by atoms with Crippen LogP contribution in [0.2, 0.25) is 0 Å². The molecule has 0 aliphatic heterocycles. The number of carbonyl (C=O) groups is 1. The van der Waals surface area contributed by atoms with Crippen molar-refractivity contribution in [3.05, 3.63) is 6.33 Å². The number of hydrogen-bond acceptors (Lipinski definition) is 5. The molecular formula is C13H20N4O3S. The van der Waals surface area contributed by atoms with E-state index in [1.54, 1.807) is 7.05 Å². The summed E-state index contributed by atoms with van der Waals surface area (Å²) in [4.78, 5) is 17.3. The van der Waals surface area contributed by atoms with Gasteiger partial charge in [0.15, 0.2) is 0 Å². The molecule has 21 heavy (non-hydrogen) atoms. The zero-order valence-corrected chi connectivity index (χ0v) is 13.1. The van der Waals surface area contributed by atoms with Crippen molar-refractivity contribution >= 4 is 15.9 Å². The van der Waals surface area contributed by atoms with Gasteiger partial charge in [0.2, 0.25) is 9.84 Å². The van der Waals surface area contributed by atoms with Crippen LogP contribution in [0.5, 0.6) is 0 Å². The Morgan fingerprint density at radius 1 is 1.43 bits per heavy atom. The smallest absolute Gasteiger partial charge is 0.326 e. The van der Waals surface area contributed by atoms with Gasteiger partial charge in [-0.3, -0.25) is 0 Å². The van der Waals surface area contributed by atoms with Crippen molar-refractivity contribution in [2.45, 2.75) is 43.0 Å². The first-order valence-electron chi connectivity index (χ1n) is 7.34. The van der Waals surface area contributed by atoms with E-state index in [2.05, 4.69) is 10.1 Å². The maximum atomic E-state index is 12.6. The van der Waals surface area contributed by atoms with E-state index in [0.29, 0.717) is 18.9 Å². The van der Waals surface area contributed by atoms with Crippen LogP contribution >= 0.6 is 0 Å². The highest BCUT2D eigenvalue weighted by atomic mass is 32.2. The van der Waals surface area contributed by atoms with E-state index in [-0.39, 0.29) is 22.4 Å². The minimum absolute atomic E-state index is 0.210. The molecule has 1 aromatic heterocycles. The summed E-state index contributed by atoms with van der Waals surface area (Å²) in [5.41, 5.74) is 0. The second-order valence-electron chi connectivity index (χ2n) is 6.03. The fraction of sp³-hybridized carbons (Fsp3) is 0.769. The summed E-state index contributed by atoms with van der Waals surface area (Å²) in [7, 11) is -1.90. The average molecular weight is 312 g/mol. The van der Waals surface area contributed by atoms with Gasteiger partial charge in [0.1, 0.15) is 6.33 Å². The van der Waals surface area contributed by atoms with Crippen LogP contribution in [-0.2, 0) is 9.84 Å². The highest BCUT2D eigenvalue weighted by Crippen LogP contribution is 2.48. The maximum absolute atomic E-state index is 12.6. The normalized spacial score (nSPS) is 28.0. The van der Waals surface area contributed by atoms with Crippen molar-refractivity contribution in [1.82, 2.24) is 19.7 Å². The van der Waals surface area contributed by atoms with E-state index in [1.807, 2.05) is 6.92 Å². The van der Waals surface area contributed by atoms with E-state index in [0.717, 1.165) is 23.9 Å². The van der Waals surface area contributed by atoms with Crippen molar-refractivity contribution in [3.8, 4) is 0 Å². The fourth-order valence-electron chi connectivity index (χ4n) is 3.48. The monoisotopic (exact) mass is 312 g/mol. The van der Waals surface area contributed by atoms with Crippen LogP contribution in [0.25, 0.3) is 0 Å². The van der Waals surface area contributed by atoms with Crippen LogP contribution in [-0.4, -0.2) is 53.0 Å². The standard InChI is InChI=1S/C13H20N4O3S/c1-3-16(2)13(18)17-8-14-12(15-17)21(19,20)11-7-9-4-5-10(11)6-9/h8-11H,3-7H2,1-2H3/t9-,10+,11+/m0/s1. The molecule has 3 rings (SSSR count). The molecular weight excluding hydrogens is 292 g/mol. The van der Waals surface area contributed by atoms with Gasteiger partial charge in [0, 0.05) is 13.6 Å². The minimum Gasteiger partial charge on any atom is -0.326 e. The minimum atomic E-state index is -3.53. The number of rotatable bonds is 3. The lowest BCUT2D eigenvalue weighted by Gasteiger charge is -2.19. The molecule has 1 amide bonds. The summed E-state index contributed by atoms with van der Waals surface area (Å²) in [6, 6.07) is -0.376. The van der Waals surface area contributed by atoms with Crippen LogP contribution in [0, 0.1) is 11.8 Å². The van der Waals surface area contributed by atoms with Crippen molar-refractivity contribution < 1.29 is 13.2 Å². The Hall–Kier alpha value is -1.44. The first-order chi connectivity index (χ1) is 9.93. The number of hydrogen-bond donors (Lipinski definition) is 0. The number of carbonyl (C=O) groups excluding carboxylic acids is 1. The van der Waals surface area contributed by atoms with Gasteiger partial charge in [0.05, 0.1) is 5.25 Å². The molecule has 7 nitrogen and oxygen atoms in total. The van der Waals surface area contributed by atoms with Crippen molar-refractivity contribution in [3.63, 3.8) is 0 Å². The van der Waals surface area contributed by atoms with Gasteiger partial charge in [-0.1, -0.05) is 6.42 Å². The third-order valence-electron chi connectivity index (χ3n) is 4.79. The maximum Gasteiger partial charge on any atom is 0.345 e. The molecule has 0 saturated heterocycles. The molecule has 3 atom stereocenters. The van der Waals surface area contributed by atoms with Gasteiger partial charge in [-0.2, -0.15) is 4.68 Å². The number of amides is 1. The third kappa shape index (κ3) is 2.35. The topological polar surface area (TPSA) is 85.2 Å². The Bertz CT molecular complexity index is 654. The summed E-state index contributed by atoms with van der Waals surface area (Å²) in [5.74, 6) is 0.769. The molecule has 116 valence electrons. The predicted octanol–water partition coefficient (Wildman–Crippen LogP) is 1.16. The predicted molar refractivity (Wildman–Crippen MR) is 75.5 cm³/mol. The lowest BCUT2D eigenvalue weighted by atomic mass is 10.0. The molecule has 2 saturated carbocycles. The van der Waals surface area contributed by atoms with E-state index >= 15 is 0 Å². The number of sulfone groups is 1. The van der Waals surface area contributed by atoms with E-state index in [4.69, 9.17) is 0 Å². The average Bonchev–Trinajstić information content (AvgIpc) is 3.20. The summed E-state index contributed by atoms with van der Waals surface area (Å²) in [5, 5.41) is 3.33. The largest absolute Gasteiger partial charge is 0.345 e. The molecule has 2 fully saturated rings. The molecule has 2 bridgehead atoms. The Balaban J connectivity index is 1.84. The van der Waals surface area contributed by atoms with Gasteiger partial charge >= 0.3 is 6.03 Å². The third-order valence-corrected chi connectivity index (χ3v) is 6.86. The zero-order chi connectivity index (χ0) is 15.2. The Labute approximate surface area is 124 Å². The van der Waals surface area contributed by atoms with Crippen LogP contribution in [0.3, 0.4) is 0 Å². The van der Waals surface area contributed by atoms with Crippen LogP contribution in [0.1, 0.15) is 32.6 Å². The summed E-state index contributed by atoms with van der Waals surface area (Å²) < 4.78 is 26.3.